The predicted octanol–water partition coefficient (Wildman–Crippen LogP) is 0.681. The van der Waals surface area contributed by atoms with E-state index >= 15 is 0 Å². The van der Waals surface area contributed by atoms with Gasteiger partial charge in [0.05, 0.1) is 47.5 Å². The molecule has 6 nitrogen and oxygen atoms in total. The van der Waals surface area contributed by atoms with Gasteiger partial charge in [0.25, 0.3) is 0 Å². The Hall–Kier alpha value is -2.40. The summed E-state index contributed by atoms with van der Waals surface area (Å²) in [7, 11) is -3.54. The van der Waals surface area contributed by atoms with E-state index in [0.717, 1.165) is 0 Å². The Morgan fingerprint density at radius 3 is 2.30 bits per heavy atom. The van der Waals surface area contributed by atoms with Crippen molar-refractivity contribution in [1.29, 1.82) is 15.8 Å². The highest BCUT2D eigenvalue weighted by Crippen LogP contribution is 2.13. The van der Waals surface area contributed by atoms with Crippen molar-refractivity contribution in [3.8, 4) is 18.2 Å². The van der Waals surface area contributed by atoms with Crippen molar-refractivity contribution in [2.75, 3.05) is 25.4 Å². The van der Waals surface area contributed by atoms with Crippen LogP contribution in [0.25, 0.3) is 0 Å². The number of hydrogen-bond acceptors (Lipinski definition) is 6. The van der Waals surface area contributed by atoms with Crippen molar-refractivity contribution >= 4 is 9.84 Å². The van der Waals surface area contributed by atoms with E-state index in [2.05, 4.69) is 0 Å². The third kappa shape index (κ3) is 4.37. The van der Waals surface area contributed by atoms with Crippen molar-refractivity contribution in [3.05, 3.63) is 29.8 Å². The fraction of sp³-hybridized carbons (Fsp3) is 0.308. The average Bonchev–Trinajstić information content (AvgIpc) is 2.45. The van der Waals surface area contributed by atoms with Crippen LogP contribution in [0, 0.1) is 34.0 Å². The van der Waals surface area contributed by atoms with E-state index in [0.29, 0.717) is 0 Å². The second kappa shape index (κ2) is 7.25. The molecule has 0 fully saturated rings. The van der Waals surface area contributed by atoms with Crippen molar-refractivity contribution in [2.24, 2.45) is 0 Å². The third-order valence-corrected chi connectivity index (χ3v) is 4.28. The molecular formula is C13H12N4O2S. The van der Waals surface area contributed by atoms with Gasteiger partial charge >= 0.3 is 0 Å². The second-order valence-electron chi connectivity index (χ2n) is 3.99. The standard InChI is InChI=1S/C13H12N4O2S/c14-4-6-17(7-5-15)8-9-20(18,19)13-3-1-2-12(10-13)11-16/h1-3,10H,6-9H2. The summed E-state index contributed by atoms with van der Waals surface area (Å²) in [5.41, 5.74) is 0.275. The summed E-state index contributed by atoms with van der Waals surface area (Å²) in [4.78, 5) is 1.52. The summed E-state index contributed by atoms with van der Waals surface area (Å²) < 4.78 is 24.2. The topological polar surface area (TPSA) is 109 Å². The Morgan fingerprint density at radius 1 is 1.10 bits per heavy atom. The normalized spacial score (nSPS) is 10.5. The van der Waals surface area contributed by atoms with Crippen molar-refractivity contribution in [2.45, 2.75) is 4.90 Å². The zero-order chi connectivity index (χ0) is 15.0. The fourth-order valence-electron chi connectivity index (χ4n) is 1.54. The van der Waals surface area contributed by atoms with Gasteiger partial charge in [0.15, 0.2) is 9.84 Å². The molecule has 0 bridgehead atoms. The van der Waals surface area contributed by atoms with Gasteiger partial charge in [0, 0.05) is 6.54 Å². The van der Waals surface area contributed by atoms with Crippen LogP contribution in [-0.2, 0) is 9.84 Å². The summed E-state index contributed by atoms with van der Waals surface area (Å²) in [6, 6.07) is 11.4. The third-order valence-electron chi connectivity index (χ3n) is 2.59. The molecule has 0 atom stereocenters. The van der Waals surface area contributed by atoms with Gasteiger partial charge in [0.2, 0.25) is 0 Å². The highest BCUT2D eigenvalue weighted by molar-refractivity contribution is 7.91. The van der Waals surface area contributed by atoms with Gasteiger partial charge in [0.1, 0.15) is 0 Å². The number of benzene rings is 1. The maximum absolute atomic E-state index is 12.1. The molecule has 7 heteroatoms. The first kappa shape index (κ1) is 15.7. The van der Waals surface area contributed by atoms with Crippen molar-refractivity contribution in [1.82, 2.24) is 4.90 Å². The molecule has 0 amide bonds. The Morgan fingerprint density at radius 2 is 1.75 bits per heavy atom. The highest BCUT2D eigenvalue weighted by atomic mass is 32.2. The molecule has 0 aromatic heterocycles. The van der Waals surface area contributed by atoms with Gasteiger partial charge < -0.3 is 0 Å². The molecule has 1 rings (SSSR count). The zero-order valence-corrected chi connectivity index (χ0v) is 11.5. The first-order valence-corrected chi connectivity index (χ1v) is 7.38. The van der Waals surface area contributed by atoms with E-state index in [-0.39, 0.29) is 35.8 Å². The Bertz CT molecular complexity index is 676. The molecule has 1 aromatic carbocycles. The number of nitriles is 3. The van der Waals surface area contributed by atoms with E-state index < -0.39 is 9.84 Å². The first-order chi connectivity index (χ1) is 9.53. The predicted molar refractivity (Wildman–Crippen MR) is 70.9 cm³/mol. The molecule has 0 spiro atoms. The van der Waals surface area contributed by atoms with Crippen molar-refractivity contribution in [3.63, 3.8) is 0 Å². The Labute approximate surface area is 118 Å². The first-order valence-electron chi connectivity index (χ1n) is 5.72. The second-order valence-corrected chi connectivity index (χ2v) is 6.09. The SMILES string of the molecule is N#CCN(CC#N)CCS(=O)(=O)c1cccc(C#N)c1. The van der Waals surface area contributed by atoms with E-state index in [4.69, 9.17) is 15.8 Å². The summed E-state index contributed by atoms with van der Waals surface area (Å²) in [5.74, 6) is -0.203. The molecule has 0 aliphatic rings. The van der Waals surface area contributed by atoms with Crippen molar-refractivity contribution < 1.29 is 8.42 Å². The number of rotatable bonds is 6. The number of hydrogen-bond donors (Lipinski definition) is 0. The van der Waals surface area contributed by atoms with E-state index in [1.165, 1.54) is 29.2 Å². The molecule has 102 valence electrons. The minimum atomic E-state index is -3.54. The molecule has 0 N–H and O–H groups in total. The zero-order valence-electron chi connectivity index (χ0n) is 10.7. The minimum Gasteiger partial charge on any atom is -0.276 e. The molecule has 0 saturated carbocycles. The fourth-order valence-corrected chi connectivity index (χ4v) is 2.87. The van der Waals surface area contributed by atoms with E-state index in [1.807, 2.05) is 18.2 Å². The van der Waals surface area contributed by atoms with Crippen LogP contribution in [0.15, 0.2) is 29.2 Å². The maximum Gasteiger partial charge on any atom is 0.179 e. The van der Waals surface area contributed by atoms with Gasteiger partial charge in [-0.15, -0.1) is 0 Å². The van der Waals surface area contributed by atoms with Crippen LogP contribution in [0.4, 0.5) is 0 Å². The molecule has 0 radical (unpaired) electrons. The van der Waals surface area contributed by atoms with Gasteiger partial charge in [-0.3, -0.25) is 4.90 Å². The summed E-state index contributed by atoms with van der Waals surface area (Å²) in [6.45, 7) is 0.100. The number of nitrogens with zero attached hydrogens (tertiary/aromatic N) is 4. The lowest BCUT2D eigenvalue weighted by Crippen LogP contribution is -2.30. The number of sulfone groups is 1. The van der Waals surface area contributed by atoms with Crippen LogP contribution >= 0.6 is 0 Å². The smallest absolute Gasteiger partial charge is 0.179 e. The van der Waals surface area contributed by atoms with Gasteiger partial charge in [-0.1, -0.05) is 6.07 Å². The van der Waals surface area contributed by atoms with E-state index in [9.17, 15) is 8.42 Å². The lowest BCUT2D eigenvalue weighted by Gasteiger charge is -2.14. The lowest BCUT2D eigenvalue weighted by molar-refractivity contribution is 0.362. The van der Waals surface area contributed by atoms with Crippen LogP contribution < -0.4 is 0 Å². The summed E-state index contributed by atoms with van der Waals surface area (Å²) in [6.07, 6.45) is 0. The van der Waals surface area contributed by atoms with Crippen LogP contribution in [-0.4, -0.2) is 38.7 Å². The van der Waals surface area contributed by atoms with Crippen LogP contribution in [0.1, 0.15) is 5.56 Å². The molecule has 0 aliphatic heterocycles. The maximum atomic E-state index is 12.1. The van der Waals surface area contributed by atoms with Gasteiger partial charge in [-0.2, -0.15) is 15.8 Å². The average molecular weight is 288 g/mol. The summed E-state index contributed by atoms with van der Waals surface area (Å²) >= 11 is 0. The lowest BCUT2D eigenvalue weighted by atomic mass is 10.2. The van der Waals surface area contributed by atoms with Gasteiger partial charge in [-0.25, -0.2) is 8.42 Å². The van der Waals surface area contributed by atoms with Crippen LogP contribution in [0.3, 0.4) is 0 Å². The Kier molecular flexibility index (Phi) is 5.68. The molecule has 1 aromatic rings. The molecule has 20 heavy (non-hydrogen) atoms. The largest absolute Gasteiger partial charge is 0.276 e. The van der Waals surface area contributed by atoms with Crippen LogP contribution in [0.5, 0.6) is 0 Å². The molecular weight excluding hydrogens is 276 g/mol. The van der Waals surface area contributed by atoms with E-state index in [1.54, 1.807) is 0 Å². The van der Waals surface area contributed by atoms with Gasteiger partial charge in [-0.05, 0) is 18.2 Å². The molecule has 0 heterocycles. The Balaban J connectivity index is 2.82. The van der Waals surface area contributed by atoms with Crippen LogP contribution in [0.2, 0.25) is 0 Å². The quantitative estimate of drug-likeness (QED) is 0.712. The molecule has 0 unspecified atom stereocenters. The highest BCUT2D eigenvalue weighted by Gasteiger charge is 2.16. The molecule has 0 saturated heterocycles. The molecule has 0 aliphatic carbocycles. The summed E-state index contributed by atoms with van der Waals surface area (Å²) in [5, 5.41) is 25.9. The monoisotopic (exact) mass is 288 g/mol. The minimum absolute atomic E-state index is 0.00130.